The lowest BCUT2D eigenvalue weighted by Gasteiger charge is -2.30. The number of hydrogen-bond donors (Lipinski definition) is 1. The molecular formula is C15H19N3O4. The fourth-order valence-corrected chi connectivity index (χ4v) is 3.20. The molecule has 2 atom stereocenters. The molecule has 2 aliphatic heterocycles. The summed E-state index contributed by atoms with van der Waals surface area (Å²) in [6.07, 6.45) is 2.67. The first kappa shape index (κ1) is 14.6. The van der Waals surface area contributed by atoms with Crippen LogP contribution in [0.4, 0.5) is 10.7 Å². The molecule has 7 nitrogen and oxygen atoms in total. The number of aromatic nitrogens is 1. The van der Waals surface area contributed by atoms with E-state index in [2.05, 4.69) is 11.7 Å². The maximum Gasteiger partial charge on any atom is 0.407 e. The fraction of sp³-hybridized carbons (Fsp3) is 0.533. The van der Waals surface area contributed by atoms with E-state index in [4.69, 9.17) is 4.52 Å². The number of hydrogen-bond acceptors (Lipinski definition) is 4. The molecule has 22 heavy (non-hydrogen) atoms. The van der Waals surface area contributed by atoms with Gasteiger partial charge >= 0.3 is 6.09 Å². The number of rotatable bonds is 3. The van der Waals surface area contributed by atoms with Gasteiger partial charge in [-0.3, -0.25) is 9.69 Å². The van der Waals surface area contributed by atoms with Crippen LogP contribution >= 0.6 is 0 Å². The summed E-state index contributed by atoms with van der Waals surface area (Å²) in [4.78, 5) is 26.7. The average Bonchev–Trinajstić information content (AvgIpc) is 3.02. The van der Waals surface area contributed by atoms with Crippen LogP contribution in [0.15, 0.2) is 17.2 Å². The van der Waals surface area contributed by atoms with Gasteiger partial charge in [0.25, 0.3) is 0 Å². The third-order valence-electron chi connectivity index (χ3n) is 4.46. The second-order valence-electron chi connectivity index (χ2n) is 5.88. The van der Waals surface area contributed by atoms with Crippen LogP contribution < -0.4 is 4.90 Å². The van der Waals surface area contributed by atoms with E-state index in [1.807, 2.05) is 6.92 Å². The molecule has 0 radical (unpaired) electrons. The van der Waals surface area contributed by atoms with Crippen LogP contribution in [0.25, 0.3) is 0 Å². The van der Waals surface area contributed by atoms with E-state index >= 15 is 0 Å². The lowest BCUT2D eigenvalue weighted by atomic mass is 10.0. The van der Waals surface area contributed by atoms with Crippen molar-refractivity contribution in [2.24, 2.45) is 5.92 Å². The number of amides is 2. The standard InChI is InChI=1S/C15H19N3O4/c1-3-4-10-5-6-17(13(10)19)14-11-8-18(15(20)21)9(2)7-12(11)16-22-14/h3,9-10H,1,4-8H2,2H3,(H,20,21)/t9-,10?/m0/s1. The molecule has 0 spiro atoms. The van der Waals surface area contributed by atoms with Crippen molar-refractivity contribution < 1.29 is 19.2 Å². The van der Waals surface area contributed by atoms with Crippen LogP contribution in [0.2, 0.25) is 0 Å². The van der Waals surface area contributed by atoms with Gasteiger partial charge in [0.05, 0.1) is 17.8 Å². The van der Waals surface area contributed by atoms with Crippen molar-refractivity contribution in [3.05, 3.63) is 23.9 Å². The van der Waals surface area contributed by atoms with E-state index in [9.17, 15) is 14.7 Å². The number of nitrogens with zero attached hydrogens (tertiary/aromatic N) is 3. The highest BCUT2D eigenvalue weighted by Crippen LogP contribution is 2.35. The van der Waals surface area contributed by atoms with Crippen LogP contribution in [0, 0.1) is 5.92 Å². The van der Waals surface area contributed by atoms with Crippen molar-refractivity contribution in [2.45, 2.75) is 38.8 Å². The molecule has 2 aliphatic rings. The van der Waals surface area contributed by atoms with Gasteiger partial charge in [-0.15, -0.1) is 6.58 Å². The van der Waals surface area contributed by atoms with Crippen molar-refractivity contribution >= 4 is 17.9 Å². The molecular weight excluding hydrogens is 286 g/mol. The summed E-state index contributed by atoms with van der Waals surface area (Å²) >= 11 is 0. The number of allylic oxidation sites excluding steroid dienone is 1. The number of fused-ring (bicyclic) bond motifs is 1. The third kappa shape index (κ3) is 2.26. The summed E-state index contributed by atoms with van der Waals surface area (Å²) in [7, 11) is 0. The Morgan fingerprint density at radius 1 is 1.59 bits per heavy atom. The summed E-state index contributed by atoms with van der Waals surface area (Å²) < 4.78 is 5.38. The molecule has 2 amide bonds. The molecule has 1 aromatic heterocycles. The quantitative estimate of drug-likeness (QED) is 0.863. The molecule has 7 heteroatoms. The highest BCUT2D eigenvalue weighted by molar-refractivity contribution is 5.96. The Balaban J connectivity index is 1.88. The second kappa shape index (κ2) is 5.47. The average molecular weight is 305 g/mol. The molecule has 0 aliphatic carbocycles. The van der Waals surface area contributed by atoms with Crippen LogP contribution in [-0.4, -0.2) is 39.8 Å². The number of anilines is 1. The highest BCUT2D eigenvalue weighted by Gasteiger charge is 2.38. The van der Waals surface area contributed by atoms with E-state index < -0.39 is 6.09 Å². The fourth-order valence-electron chi connectivity index (χ4n) is 3.20. The SMILES string of the molecule is C=CCC1CCN(c2onc3c2CN(C(=O)O)[C@@H](C)C3)C1=O. The summed E-state index contributed by atoms with van der Waals surface area (Å²) in [6, 6.07) is -0.147. The first-order valence-corrected chi connectivity index (χ1v) is 7.42. The van der Waals surface area contributed by atoms with Crippen LogP contribution in [0.1, 0.15) is 31.0 Å². The van der Waals surface area contributed by atoms with Gasteiger partial charge < -0.3 is 14.5 Å². The summed E-state index contributed by atoms with van der Waals surface area (Å²) in [5, 5.41) is 13.3. The van der Waals surface area contributed by atoms with Crippen molar-refractivity contribution in [3.63, 3.8) is 0 Å². The Morgan fingerprint density at radius 2 is 2.36 bits per heavy atom. The monoisotopic (exact) mass is 305 g/mol. The van der Waals surface area contributed by atoms with Crippen LogP contribution in [0.5, 0.6) is 0 Å². The largest absolute Gasteiger partial charge is 0.465 e. The molecule has 0 bridgehead atoms. The van der Waals surface area contributed by atoms with Gasteiger partial charge in [-0.2, -0.15) is 0 Å². The Kier molecular flexibility index (Phi) is 3.64. The Hall–Kier alpha value is -2.31. The third-order valence-corrected chi connectivity index (χ3v) is 4.46. The van der Waals surface area contributed by atoms with Gasteiger partial charge in [-0.05, 0) is 19.8 Å². The highest BCUT2D eigenvalue weighted by atomic mass is 16.5. The molecule has 0 aromatic carbocycles. The number of carboxylic acid groups (broad SMARTS) is 1. The Bertz CT molecular complexity index is 624. The van der Waals surface area contributed by atoms with Crippen molar-refractivity contribution in [3.8, 4) is 0 Å². The normalized spacial score (nSPS) is 24.5. The summed E-state index contributed by atoms with van der Waals surface area (Å²) in [5.41, 5.74) is 1.47. The Morgan fingerprint density at radius 3 is 3.05 bits per heavy atom. The van der Waals surface area contributed by atoms with E-state index in [-0.39, 0.29) is 24.4 Å². The molecule has 1 fully saturated rings. The number of carbonyl (C=O) groups excluding carboxylic acids is 1. The van der Waals surface area contributed by atoms with Gasteiger partial charge in [0.1, 0.15) is 0 Å². The van der Waals surface area contributed by atoms with Gasteiger partial charge in [0, 0.05) is 24.9 Å². The molecule has 1 aromatic rings. The predicted octanol–water partition coefficient (Wildman–Crippen LogP) is 2.03. The molecule has 3 heterocycles. The van der Waals surface area contributed by atoms with Crippen molar-refractivity contribution in [2.75, 3.05) is 11.4 Å². The number of carbonyl (C=O) groups is 2. The first-order valence-electron chi connectivity index (χ1n) is 7.42. The zero-order valence-electron chi connectivity index (χ0n) is 12.5. The van der Waals surface area contributed by atoms with Crippen molar-refractivity contribution in [1.29, 1.82) is 0 Å². The maximum absolute atomic E-state index is 12.4. The van der Waals surface area contributed by atoms with Gasteiger partial charge in [0.2, 0.25) is 11.8 Å². The second-order valence-corrected chi connectivity index (χ2v) is 5.88. The zero-order valence-corrected chi connectivity index (χ0v) is 12.5. The lowest BCUT2D eigenvalue weighted by Crippen LogP contribution is -2.42. The molecule has 3 rings (SSSR count). The lowest BCUT2D eigenvalue weighted by molar-refractivity contribution is -0.120. The van der Waals surface area contributed by atoms with Gasteiger partial charge in [0.15, 0.2) is 0 Å². The minimum Gasteiger partial charge on any atom is -0.465 e. The van der Waals surface area contributed by atoms with E-state index in [1.54, 1.807) is 11.0 Å². The zero-order chi connectivity index (χ0) is 15.9. The topological polar surface area (TPSA) is 86.9 Å². The first-order chi connectivity index (χ1) is 10.5. The van der Waals surface area contributed by atoms with Crippen LogP contribution in [0.3, 0.4) is 0 Å². The van der Waals surface area contributed by atoms with Crippen molar-refractivity contribution in [1.82, 2.24) is 10.1 Å². The van der Waals surface area contributed by atoms with Crippen LogP contribution in [-0.2, 0) is 17.8 Å². The molecule has 0 saturated carbocycles. The minimum absolute atomic E-state index is 0.000605. The van der Waals surface area contributed by atoms with E-state index in [0.29, 0.717) is 30.8 Å². The summed E-state index contributed by atoms with van der Waals surface area (Å²) in [5.74, 6) is 0.334. The smallest absolute Gasteiger partial charge is 0.407 e. The molecule has 1 N–H and O–H groups in total. The minimum atomic E-state index is -0.970. The van der Waals surface area contributed by atoms with Gasteiger partial charge in [-0.1, -0.05) is 11.2 Å². The van der Waals surface area contributed by atoms with E-state index in [0.717, 1.165) is 12.1 Å². The van der Waals surface area contributed by atoms with Gasteiger partial charge in [-0.25, -0.2) is 4.79 Å². The molecule has 1 unspecified atom stereocenters. The molecule has 118 valence electrons. The molecule has 1 saturated heterocycles. The predicted molar refractivity (Wildman–Crippen MR) is 78.5 cm³/mol. The Labute approximate surface area is 128 Å². The maximum atomic E-state index is 12.4. The van der Waals surface area contributed by atoms with E-state index in [1.165, 1.54) is 4.90 Å². The summed E-state index contributed by atoms with van der Waals surface area (Å²) in [6.45, 7) is 6.30.